The van der Waals surface area contributed by atoms with Gasteiger partial charge in [0, 0.05) is 5.69 Å². The van der Waals surface area contributed by atoms with Crippen molar-refractivity contribution in [2.75, 3.05) is 6.61 Å². The monoisotopic (exact) mass is 356 g/mol. The highest BCUT2D eigenvalue weighted by Crippen LogP contribution is 2.21. The lowest BCUT2D eigenvalue weighted by Crippen LogP contribution is -2.22. The molecule has 4 heteroatoms. The highest BCUT2D eigenvalue weighted by molar-refractivity contribution is 5.80. The number of rotatable bonds is 9. The third-order valence-electron chi connectivity index (χ3n) is 5.11. The van der Waals surface area contributed by atoms with Gasteiger partial charge in [-0.25, -0.2) is 4.68 Å². The van der Waals surface area contributed by atoms with E-state index in [4.69, 9.17) is 4.74 Å². The Morgan fingerprint density at radius 3 is 2.54 bits per heavy atom. The first-order chi connectivity index (χ1) is 12.5. The number of unbranched alkanes of at least 4 members (excludes halogenated alkanes) is 4. The van der Waals surface area contributed by atoms with Crippen molar-refractivity contribution in [3.8, 4) is 5.75 Å². The molecule has 0 amide bonds. The summed E-state index contributed by atoms with van der Waals surface area (Å²) in [6.45, 7) is 10.3. The molecule has 1 aromatic carbocycles. The lowest BCUT2D eigenvalue weighted by Gasteiger charge is -2.11. The summed E-state index contributed by atoms with van der Waals surface area (Å²) in [6, 6.07) is 5.89. The molecule has 0 atom stereocenters. The quantitative estimate of drug-likeness (QED) is 0.569. The Labute approximate surface area is 157 Å². The van der Waals surface area contributed by atoms with Crippen molar-refractivity contribution in [1.29, 1.82) is 0 Å². The fourth-order valence-electron chi connectivity index (χ4n) is 3.27. The highest BCUT2D eigenvalue weighted by atomic mass is 16.5. The summed E-state index contributed by atoms with van der Waals surface area (Å²) in [5.74, 6) is 0.639. The first kappa shape index (κ1) is 20.2. The molecule has 2 rings (SSSR count). The summed E-state index contributed by atoms with van der Waals surface area (Å²) in [5.41, 5.74) is 5.35. The van der Waals surface area contributed by atoms with E-state index in [9.17, 15) is 4.79 Å². The minimum Gasteiger partial charge on any atom is -0.483 e. The van der Waals surface area contributed by atoms with Crippen molar-refractivity contribution >= 4 is 5.91 Å². The molecule has 0 spiro atoms. The zero-order valence-electron chi connectivity index (χ0n) is 16.9. The van der Waals surface area contributed by atoms with Gasteiger partial charge >= 0.3 is 0 Å². The zero-order chi connectivity index (χ0) is 19.1. The minimum absolute atomic E-state index is 0.00218. The van der Waals surface area contributed by atoms with E-state index < -0.39 is 0 Å². The summed E-state index contributed by atoms with van der Waals surface area (Å²) in [4.78, 5) is 12.6. The number of hydrogen-bond donors (Lipinski definition) is 0. The number of hydrogen-bond acceptors (Lipinski definition) is 3. The van der Waals surface area contributed by atoms with Crippen molar-refractivity contribution in [2.45, 2.75) is 73.1 Å². The van der Waals surface area contributed by atoms with Crippen molar-refractivity contribution in [1.82, 2.24) is 9.78 Å². The van der Waals surface area contributed by atoms with E-state index in [0.717, 1.165) is 41.1 Å². The third-order valence-corrected chi connectivity index (χ3v) is 5.11. The maximum atomic E-state index is 12.6. The number of carbonyl (C=O) groups excluding carboxylic acids is 1. The van der Waals surface area contributed by atoms with E-state index >= 15 is 0 Å². The molecule has 1 aromatic heterocycles. The van der Waals surface area contributed by atoms with Crippen LogP contribution in [0.5, 0.6) is 5.75 Å². The Kier molecular flexibility index (Phi) is 7.43. The Balaban J connectivity index is 1.98. The van der Waals surface area contributed by atoms with Crippen LogP contribution in [-0.4, -0.2) is 22.3 Å². The van der Waals surface area contributed by atoms with Gasteiger partial charge in [-0.3, -0.25) is 4.79 Å². The van der Waals surface area contributed by atoms with Crippen molar-refractivity contribution in [3.63, 3.8) is 0 Å². The van der Waals surface area contributed by atoms with Crippen LogP contribution in [0.15, 0.2) is 18.2 Å². The second-order valence-corrected chi connectivity index (χ2v) is 7.11. The predicted octanol–water partition coefficient (Wildman–Crippen LogP) is 5.35. The van der Waals surface area contributed by atoms with Gasteiger partial charge in [-0.2, -0.15) is 5.10 Å². The van der Waals surface area contributed by atoms with E-state index in [-0.39, 0.29) is 12.5 Å². The van der Waals surface area contributed by atoms with Gasteiger partial charge in [-0.15, -0.1) is 0 Å². The molecule has 0 unspecified atom stereocenters. The Bertz CT molecular complexity index is 747. The van der Waals surface area contributed by atoms with Gasteiger partial charge in [0.2, 0.25) is 0 Å². The van der Waals surface area contributed by atoms with Gasteiger partial charge in [0.25, 0.3) is 5.91 Å². The molecule has 0 bridgehead atoms. The van der Waals surface area contributed by atoms with Crippen LogP contribution in [0.25, 0.3) is 0 Å². The van der Waals surface area contributed by atoms with E-state index in [1.807, 2.05) is 45.9 Å². The number of aromatic nitrogens is 2. The maximum absolute atomic E-state index is 12.6. The zero-order valence-corrected chi connectivity index (χ0v) is 16.9. The molecule has 0 saturated heterocycles. The average Bonchev–Trinajstić information content (AvgIpc) is 2.90. The number of benzene rings is 1. The molecule has 0 aliphatic carbocycles. The largest absolute Gasteiger partial charge is 0.483 e. The number of ether oxygens (including phenoxy) is 1. The van der Waals surface area contributed by atoms with Crippen LogP contribution in [0.2, 0.25) is 0 Å². The smallest absolute Gasteiger partial charge is 0.284 e. The average molecular weight is 357 g/mol. The molecule has 0 aliphatic rings. The second kappa shape index (κ2) is 9.56. The lowest BCUT2D eigenvalue weighted by molar-refractivity contribution is 0.0817. The molecule has 0 radical (unpaired) electrons. The summed E-state index contributed by atoms with van der Waals surface area (Å²) in [6.07, 6.45) is 7.22. The molecule has 4 nitrogen and oxygen atoms in total. The van der Waals surface area contributed by atoms with Gasteiger partial charge in [-0.1, -0.05) is 44.7 Å². The summed E-state index contributed by atoms with van der Waals surface area (Å²) in [5, 5.41) is 4.46. The van der Waals surface area contributed by atoms with Crippen molar-refractivity contribution < 1.29 is 9.53 Å². The van der Waals surface area contributed by atoms with Crippen LogP contribution in [0.4, 0.5) is 0 Å². The normalized spacial score (nSPS) is 11.0. The van der Waals surface area contributed by atoms with E-state index in [1.165, 1.54) is 35.9 Å². The van der Waals surface area contributed by atoms with Gasteiger partial charge in [0.15, 0.2) is 6.61 Å². The molecule has 0 aliphatic heterocycles. The number of aryl methyl sites for hydroxylation is 2. The fraction of sp³-hybridized carbons (Fsp3) is 0.545. The molecule has 2 aromatic rings. The van der Waals surface area contributed by atoms with Crippen LogP contribution in [0.1, 0.15) is 71.9 Å². The highest BCUT2D eigenvalue weighted by Gasteiger charge is 2.17. The second-order valence-electron chi connectivity index (χ2n) is 7.11. The summed E-state index contributed by atoms with van der Waals surface area (Å²) >= 11 is 0. The van der Waals surface area contributed by atoms with E-state index in [2.05, 4.69) is 12.0 Å². The molecule has 0 fully saturated rings. The summed E-state index contributed by atoms with van der Waals surface area (Å²) in [7, 11) is 0. The van der Waals surface area contributed by atoms with Gasteiger partial charge in [0.05, 0.1) is 5.69 Å². The Hall–Kier alpha value is -2.10. The molecular formula is C22H32N2O2. The van der Waals surface area contributed by atoms with Crippen LogP contribution < -0.4 is 4.74 Å². The molecule has 0 saturated carbocycles. The number of carbonyl (C=O) groups is 1. The molecule has 26 heavy (non-hydrogen) atoms. The van der Waals surface area contributed by atoms with Gasteiger partial charge in [-0.05, 0) is 63.3 Å². The summed E-state index contributed by atoms with van der Waals surface area (Å²) < 4.78 is 7.27. The Morgan fingerprint density at radius 1 is 1.08 bits per heavy atom. The molecule has 142 valence electrons. The lowest BCUT2D eigenvalue weighted by atomic mass is 10.0. The van der Waals surface area contributed by atoms with Crippen LogP contribution in [-0.2, 0) is 6.42 Å². The van der Waals surface area contributed by atoms with Crippen molar-refractivity contribution in [2.24, 2.45) is 0 Å². The minimum atomic E-state index is -0.122. The van der Waals surface area contributed by atoms with Crippen molar-refractivity contribution in [3.05, 3.63) is 46.3 Å². The van der Waals surface area contributed by atoms with E-state index in [1.54, 1.807) is 0 Å². The molecular weight excluding hydrogens is 324 g/mol. The first-order valence-electron chi connectivity index (χ1n) is 9.73. The van der Waals surface area contributed by atoms with E-state index in [0.29, 0.717) is 0 Å². The standard InChI is InChI=1S/C22H32N2O2/c1-6-7-8-9-10-13-20-18(4)23-24(19(20)5)22(25)15-26-21-14-11-12-16(2)17(21)3/h11-12,14H,6-10,13,15H2,1-5H3. The van der Waals surface area contributed by atoms with Gasteiger partial charge in [0.1, 0.15) is 5.75 Å². The number of nitrogens with zero attached hydrogens (tertiary/aromatic N) is 2. The Morgan fingerprint density at radius 2 is 1.81 bits per heavy atom. The van der Waals surface area contributed by atoms with Crippen LogP contribution in [0, 0.1) is 27.7 Å². The third kappa shape index (κ3) is 4.96. The predicted molar refractivity (Wildman–Crippen MR) is 106 cm³/mol. The molecule has 0 N–H and O–H groups in total. The van der Waals surface area contributed by atoms with Crippen LogP contribution in [0.3, 0.4) is 0 Å². The molecule has 1 heterocycles. The first-order valence-corrected chi connectivity index (χ1v) is 9.73. The topological polar surface area (TPSA) is 44.1 Å². The van der Waals surface area contributed by atoms with Crippen LogP contribution >= 0.6 is 0 Å². The fourth-order valence-corrected chi connectivity index (χ4v) is 3.27. The van der Waals surface area contributed by atoms with Gasteiger partial charge < -0.3 is 4.74 Å². The maximum Gasteiger partial charge on any atom is 0.284 e. The SMILES string of the molecule is CCCCCCCc1c(C)nn(C(=O)COc2cccc(C)c2C)c1C.